The van der Waals surface area contributed by atoms with Crippen molar-refractivity contribution in [2.45, 2.75) is 6.61 Å². The largest absolute Gasteiger partial charge is 0.472 e. The van der Waals surface area contributed by atoms with Crippen molar-refractivity contribution in [3.63, 3.8) is 0 Å². The molecule has 3 rings (SSSR count). The SMILES string of the molecule is C=Nc1ccccc1COc1ccn(-c2ccc(Cl)cc2)n1. The zero-order chi connectivity index (χ0) is 15.4. The van der Waals surface area contributed by atoms with Gasteiger partial charge in [-0.1, -0.05) is 29.8 Å². The van der Waals surface area contributed by atoms with Crippen LogP contribution in [0.15, 0.2) is 65.8 Å². The molecule has 0 spiro atoms. The third-order valence-electron chi connectivity index (χ3n) is 3.19. The zero-order valence-corrected chi connectivity index (χ0v) is 12.6. The summed E-state index contributed by atoms with van der Waals surface area (Å²) in [6.45, 7) is 3.96. The number of nitrogens with zero attached hydrogens (tertiary/aromatic N) is 3. The number of aromatic nitrogens is 2. The van der Waals surface area contributed by atoms with Crippen molar-refractivity contribution in [1.82, 2.24) is 9.78 Å². The summed E-state index contributed by atoms with van der Waals surface area (Å²) in [6, 6.07) is 17.0. The van der Waals surface area contributed by atoms with Crippen LogP contribution in [-0.2, 0) is 6.61 Å². The molecule has 22 heavy (non-hydrogen) atoms. The number of aliphatic imine (C=N–C) groups is 1. The van der Waals surface area contributed by atoms with E-state index in [1.54, 1.807) is 4.68 Å². The maximum atomic E-state index is 5.88. The van der Waals surface area contributed by atoms with Crippen LogP contribution in [0.25, 0.3) is 5.69 Å². The second-order valence-electron chi connectivity index (χ2n) is 4.65. The van der Waals surface area contributed by atoms with Crippen molar-refractivity contribution in [3.8, 4) is 11.6 Å². The van der Waals surface area contributed by atoms with Gasteiger partial charge in [0.05, 0.1) is 11.4 Å². The molecule has 0 aliphatic heterocycles. The van der Waals surface area contributed by atoms with Gasteiger partial charge in [0.1, 0.15) is 6.61 Å². The highest BCUT2D eigenvalue weighted by Crippen LogP contribution is 2.20. The van der Waals surface area contributed by atoms with E-state index in [-0.39, 0.29) is 0 Å². The topological polar surface area (TPSA) is 39.4 Å². The average molecular weight is 312 g/mol. The summed E-state index contributed by atoms with van der Waals surface area (Å²) in [6.07, 6.45) is 1.84. The molecule has 0 aliphatic rings. The zero-order valence-electron chi connectivity index (χ0n) is 11.8. The fraction of sp³-hybridized carbons (Fsp3) is 0.0588. The van der Waals surface area contributed by atoms with Gasteiger partial charge >= 0.3 is 0 Å². The van der Waals surface area contributed by atoms with Gasteiger partial charge in [0.15, 0.2) is 0 Å². The number of benzene rings is 2. The minimum absolute atomic E-state index is 0.396. The van der Waals surface area contributed by atoms with Gasteiger partial charge < -0.3 is 4.74 Å². The van der Waals surface area contributed by atoms with Crippen LogP contribution in [0.3, 0.4) is 0 Å². The summed E-state index contributed by atoms with van der Waals surface area (Å²) in [5, 5.41) is 5.08. The third-order valence-corrected chi connectivity index (χ3v) is 3.45. The number of rotatable bonds is 5. The van der Waals surface area contributed by atoms with Crippen LogP contribution in [0.2, 0.25) is 5.02 Å². The van der Waals surface area contributed by atoms with E-state index in [0.717, 1.165) is 16.9 Å². The first-order valence-corrected chi connectivity index (χ1v) is 7.13. The summed E-state index contributed by atoms with van der Waals surface area (Å²) in [4.78, 5) is 3.98. The Morgan fingerprint density at radius 1 is 1.09 bits per heavy atom. The van der Waals surface area contributed by atoms with Gasteiger partial charge in [0, 0.05) is 22.8 Å². The Hall–Kier alpha value is -2.59. The van der Waals surface area contributed by atoms with Crippen LogP contribution >= 0.6 is 11.6 Å². The van der Waals surface area contributed by atoms with E-state index < -0.39 is 0 Å². The summed E-state index contributed by atoms with van der Waals surface area (Å²) < 4.78 is 7.45. The lowest BCUT2D eigenvalue weighted by atomic mass is 10.2. The van der Waals surface area contributed by atoms with E-state index in [1.807, 2.05) is 60.8 Å². The predicted octanol–water partition coefficient (Wildman–Crippen LogP) is 4.44. The van der Waals surface area contributed by atoms with Gasteiger partial charge in [-0.3, -0.25) is 4.99 Å². The summed E-state index contributed by atoms with van der Waals surface area (Å²) in [5.74, 6) is 0.550. The molecule has 110 valence electrons. The van der Waals surface area contributed by atoms with E-state index in [1.165, 1.54) is 0 Å². The summed E-state index contributed by atoms with van der Waals surface area (Å²) in [7, 11) is 0. The van der Waals surface area contributed by atoms with Crippen LogP contribution in [0.4, 0.5) is 5.69 Å². The van der Waals surface area contributed by atoms with Crippen LogP contribution in [0.5, 0.6) is 5.88 Å². The molecular formula is C17H14ClN3O. The van der Waals surface area contributed by atoms with Crippen molar-refractivity contribution in [3.05, 3.63) is 71.4 Å². The number of para-hydroxylation sites is 1. The first kappa shape index (κ1) is 14.4. The molecule has 0 radical (unpaired) electrons. The molecule has 0 fully saturated rings. The number of hydrogen-bond donors (Lipinski definition) is 0. The van der Waals surface area contributed by atoms with Crippen molar-refractivity contribution < 1.29 is 4.74 Å². The third kappa shape index (κ3) is 3.18. The molecule has 0 amide bonds. The minimum atomic E-state index is 0.396. The van der Waals surface area contributed by atoms with Crippen LogP contribution in [0, 0.1) is 0 Å². The van der Waals surface area contributed by atoms with Crippen molar-refractivity contribution in [1.29, 1.82) is 0 Å². The van der Waals surface area contributed by atoms with Gasteiger partial charge in [0.2, 0.25) is 5.88 Å². The Morgan fingerprint density at radius 3 is 2.64 bits per heavy atom. The Morgan fingerprint density at radius 2 is 1.86 bits per heavy atom. The molecule has 1 heterocycles. The smallest absolute Gasteiger partial charge is 0.233 e. The molecular weight excluding hydrogens is 298 g/mol. The average Bonchev–Trinajstić information content (AvgIpc) is 3.03. The summed E-state index contributed by atoms with van der Waals surface area (Å²) in [5.41, 5.74) is 2.71. The molecule has 0 bridgehead atoms. The van der Waals surface area contributed by atoms with Gasteiger partial charge in [-0.25, -0.2) is 4.68 Å². The molecule has 0 saturated carbocycles. The monoisotopic (exact) mass is 311 g/mol. The second-order valence-corrected chi connectivity index (χ2v) is 5.09. The van der Waals surface area contributed by atoms with Crippen molar-refractivity contribution in [2.75, 3.05) is 0 Å². The lowest BCUT2D eigenvalue weighted by Gasteiger charge is -2.06. The first-order chi connectivity index (χ1) is 10.8. The predicted molar refractivity (Wildman–Crippen MR) is 88.6 cm³/mol. The molecule has 0 saturated heterocycles. The number of ether oxygens (including phenoxy) is 1. The molecule has 0 aliphatic carbocycles. The quantitative estimate of drug-likeness (QED) is 0.654. The molecule has 5 heteroatoms. The molecule has 1 aromatic heterocycles. The minimum Gasteiger partial charge on any atom is -0.472 e. The van der Waals surface area contributed by atoms with Gasteiger partial charge in [-0.05, 0) is 37.0 Å². The highest BCUT2D eigenvalue weighted by atomic mass is 35.5. The maximum absolute atomic E-state index is 5.88. The molecule has 0 N–H and O–H groups in total. The van der Waals surface area contributed by atoms with Crippen LogP contribution in [0.1, 0.15) is 5.56 Å². The highest BCUT2D eigenvalue weighted by molar-refractivity contribution is 6.30. The van der Waals surface area contributed by atoms with E-state index in [0.29, 0.717) is 17.5 Å². The van der Waals surface area contributed by atoms with Crippen LogP contribution in [-0.4, -0.2) is 16.5 Å². The van der Waals surface area contributed by atoms with E-state index in [2.05, 4.69) is 16.8 Å². The van der Waals surface area contributed by atoms with Crippen LogP contribution < -0.4 is 4.74 Å². The van der Waals surface area contributed by atoms with Gasteiger partial charge in [-0.2, -0.15) is 0 Å². The van der Waals surface area contributed by atoms with Gasteiger partial charge in [0.25, 0.3) is 0 Å². The Balaban J connectivity index is 1.72. The summed E-state index contributed by atoms with van der Waals surface area (Å²) >= 11 is 5.88. The fourth-order valence-corrected chi connectivity index (χ4v) is 2.19. The van der Waals surface area contributed by atoms with E-state index >= 15 is 0 Å². The lowest BCUT2D eigenvalue weighted by molar-refractivity contribution is 0.292. The Labute approximate surface area is 133 Å². The second kappa shape index (κ2) is 6.45. The maximum Gasteiger partial charge on any atom is 0.233 e. The van der Waals surface area contributed by atoms with Crippen molar-refractivity contribution in [2.24, 2.45) is 4.99 Å². The fourth-order valence-electron chi connectivity index (χ4n) is 2.06. The molecule has 4 nitrogen and oxygen atoms in total. The molecule has 0 unspecified atom stereocenters. The standard InChI is InChI=1S/C17H14ClN3O/c1-19-16-5-3-2-4-13(16)12-22-17-10-11-21(20-17)15-8-6-14(18)7-9-15/h2-11H,1,12H2. The first-order valence-electron chi connectivity index (χ1n) is 6.75. The Bertz CT molecular complexity index is 781. The lowest BCUT2D eigenvalue weighted by Crippen LogP contribution is -1.98. The molecule has 3 aromatic rings. The number of halogens is 1. The normalized spacial score (nSPS) is 10.4. The highest BCUT2D eigenvalue weighted by Gasteiger charge is 2.05. The van der Waals surface area contributed by atoms with Gasteiger partial charge in [-0.15, -0.1) is 5.10 Å². The van der Waals surface area contributed by atoms with Crippen molar-refractivity contribution >= 4 is 24.0 Å². The molecule has 0 atom stereocenters. The molecule has 2 aromatic carbocycles. The van der Waals surface area contributed by atoms with E-state index in [4.69, 9.17) is 16.3 Å². The number of hydrogen-bond acceptors (Lipinski definition) is 3. The van der Waals surface area contributed by atoms with E-state index in [9.17, 15) is 0 Å². The Kier molecular flexibility index (Phi) is 4.21.